The Labute approximate surface area is 58.2 Å². The van der Waals surface area contributed by atoms with E-state index in [1.165, 1.54) is 14.0 Å². The fourth-order valence-corrected chi connectivity index (χ4v) is 0.406. The summed E-state index contributed by atoms with van der Waals surface area (Å²) in [6.45, 7) is 1.53. The van der Waals surface area contributed by atoms with Crippen molar-refractivity contribution in [3.63, 3.8) is 0 Å². The Balaban J connectivity index is 4.56. The second-order valence-electron chi connectivity index (χ2n) is 1.62. The van der Waals surface area contributed by atoms with Crippen molar-refractivity contribution in [3.05, 3.63) is 0 Å². The van der Waals surface area contributed by atoms with Crippen LogP contribution in [0.3, 0.4) is 0 Å². The Morgan fingerprint density at radius 2 is 2.10 bits per heavy atom. The number of amides is 1. The maximum atomic E-state index is 10.4. The van der Waals surface area contributed by atoms with Gasteiger partial charge in [0.25, 0.3) is 5.91 Å². The van der Waals surface area contributed by atoms with Crippen LogP contribution in [-0.2, 0) is 4.79 Å². The number of hydrogen-bond acceptors (Lipinski definition) is 4. The fourth-order valence-electron chi connectivity index (χ4n) is 0.406. The van der Waals surface area contributed by atoms with Gasteiger partial charge in [-0.1, -0.05) is 5.16 Å². The molecule has 0 spiro atoms. The second-order valence-corrected chi connectivity index (χ2v) is 1.62. The van der Waals surface area contributed by atoms with Gasteiger partial charge in [-0.2, -0.15) is 0 Å². The summed E-state index contributed by atoms with van der Waals surface area (Å²) >= 11 is 0. The van der Waals surface area contributed by atoms with E-state index in [4.69, 9.17) is 10.9 Å². The lowest BCUT2D eigenvalue weighted by atomic mass is 10.2. The zero-order valence-corrected chi connectivity index (χ0v) is 5.83. The van der Waals surface area contributed by atoms with Crippen molar-refractivity contribution < 1.29 is 10.0 Å². The van der Waals surface area contributed by atoms with Gasteiger partial charge in [0.05, 0.1) is 5.71 Å². The van der Waals surface area contributed by atoms with Crippen LogP contribution in [0.2, 0.25) is 0 Å². The molecule has 5 nitrogen and oxygen atoms in total. The molecule has 0 saturated heterocycles. The molecule has 1 amide bonds. The molecule has 0 radical (unpaired) electrons. The number of nitrogens with zero attached hydrogens (tertiary/aromatic N) is 2. The molecule has 3 N–H and O–H groups in total. The molecule has 0 aromatic carbocycles. The lowest BCUT2D eigenvalue weighted by Gasteiger charge is -1.94. The van der Waals surface area contributed by atoms with Crippen LogP contribution in [0, 0.1) is 0 Å². The number of carbonyl (C=O) groups excluding carboxylic acids is 1. The van der Waals surface area contributed by atoms with Crippen molar-refractivity contribution in [2.24, 2.45) is 15.9 Å². The van der Waals surface area contributed by atoms with E-state index in [0.717, 1.165) is 0 Å². The number of hydrogen-bond donors (Lipinski definition) is 2. The van der Waals surface area contributed by atoms with E-state index < -0.39 is 5.91 Å². The number of nitrogens with two attached hydrogens (primary N) is 1. The van der Waals surface area contributed by atoms with Gasteiger partial charge in [0, 0.05) is 7.05 Å². The first-order chi connectivity index (χ1) is 4.63. The summed E-state index contributed by atoms with van der Waals surface area (Å²) in [4.78, 5) is 14.0. The monoisotopic (exact) mass is 143 g/mol. The van der Waals surface area contributed by atoms with Gasteiger partial charge < -0.3 is 10.9 Å². The summed E-state index contributed by atoms with van der Waals surface area (Å²) in [6.07, 6.45) is 0. The maximum absolute atomic E-state index is 10.4. The van der Waals surface area contributed by atoms with Crippen molar-refractivity contribution in [2.45, 2.75) is 6.92 Å². The molecule has 5 heteroatoms. The Morgan fingerprint density at radius 1 is 1.60 bits per heavy atom. The van der Waals surface area contributed by atoms with E-state index in [0.29, 0.717) is 5.71 Å². The van der Waals surface area contributed by atoms with Crippen LogP contribution in [0.15, 0.2) is 10.1 Å². The zero-order chi connectivity index (χ0) is 8.15. The van der Waals surface area contributed by atoms with Crippen LogP contribution in [-0.4, -0.2) is 29.6 Å². The quantitative estimate of drug-likeness (QED) is 0.307. The molecule has 0 aliphatic rings. The molecule has 0 bridgehead atoms. The Kier molecular flexibility index (Phi) is 3.10. The first kappa shape index (κ1) is 8.61. The van der Waals surface area contributed by atoms with Crippen LogP contribution in [0.25, 0.3) is 0 Å². The largest absolute Gasteiger partial charge is 0.410 e. The van der Waals surface area contributed by atoms with E-state index in [1.807, 2.05) is 0 Å². The van der Waals surface area contributed by atoms with Crippen LogP contribution >= 0.6 is 0 Å². The third-order valence-electron chi connectivity index (χ3n) is 1.01. The average molecular weight is 143 g/mol. The number of carbonyl (C=O) groups is 1. The van der Waals surface area contributed by atoms with Crippen molar-refractivity contribution in [2.75, 3.05) is 7.05 Å². The molecular weight excluding hydrogens is 134 g/mol. The summed E-state index contributed by atoms with van der Waals surface area (Å²) in [5.74, 6) is -0.786. The normalized spacial score (nSPS) is 13.4. The van der Waals surface area contributed by atoms with E-state index in [1.54, 1.807) is 0 Å². The molecule has 0 fully saturated rings. The van der Waals surface area contributed by atoms with Gasteiger partial charge in [0.15, 0.2) is 5.71 Å². The van der Waals surface area contributed by atoms with Gasteiger partial charge in [-0.3, -0.25) is 9.79 Å². The number of rotatable bonds is 2. The molecule has 0 saturated carbocycles. The Morgan fingerprint density at radius 3 is 2.20 bits per heavy atom. The summed E-state index contributed by atoms with van der Waals surface area (Å²) < 4.78 is 0. The van der Waals surface area contributed by atoms with Crippen LogP contribution in [0.4, 0.5) is 0 Å². The van der Waals surface area contributed by atoms with Gasteiger partial charge in [0.1, 0.15) is 0 Å². The molecule has 0 aliphatic carbocycles. The highest BCUT2D eigenvalue weighted by molar-refractivity contribution is 6.66. The lowest BCUT2D eigenvalue weighted by molar-refractivity contribution is -0.111. The zero-order valence-electron chi connectivity index (χ0n) is 5.83. The topological polar surface area (TPSA) is 88.0 Å². The standard InChI is InChI=1S/C5H9N3O2/c1-3(7-2)4(8-10)5(6)9/h10H,1-2H3,(H2,6,9)/b7-3?,8-4+. The first-order valence-electron chi connectivity index (χ1n) is 2.59. The number of primary amides is 1. The van der Waals surface area contributed by atoms with Gasteiger partial charge in [0.2, 0.25) is 0 Å². The molecule has 0 aromatic rings. The third kappa shape index (κ3) is 1.85. The van der Waals surface area contributed by atoms with Gasteiger partial charge in [-0.25, -0.2) is 0 Å². The van der Waals surface area contributed by atoms with Gasteiger partial charge in [-0.15, -0.1) is 0 Å². The number of aliphatic imine (C=N–C) groups is 1. The first-order valence-corrected chi connectivity index (χ1v) is 2.59. The van der Waals surface area contributed by atoms with Crippen molar-refractivity contribution in [3.8, 4) is 0 Å². The maximum Gasteiger partial charge on any atom is 0.272 e. The van der Waals surface area contributed by atoms with E-state index in [-0.39, 0.29) is 5.71 Å². The van der Waals surface area contributed by atoms with Crippen molar-refractivity contribution in [1.29, 1.82) is 0 Å². The molecule has 0 rings (SSSR count). The highest BCUT2D eigenvalue weighted by Gasteiger charge is 2.09. The molecular formula is C5H9N3O2. The minimum Gasteiger partial charge on any atom is -0.410 e. The molecule has 10 heavy (non-hydrogen) atoms. The highest BCUT2D eigenvalue weighted by Crippen LogP contribution is 1.81. The summed E-state index contributed by atoms with van der Waals surface area (Å²) in [5, 5.41) is 10.9. The van der Waals surface area contributed by atoms with Crippen molar-refractivity contribution in [1.82, 2.24) is 0 Å². The summed E-state index contributed by atoms with van der Waals surface area (Å²) in [7, 11) is 1.48. The predicted octanol–water partition coefficient (Wildman–Crippen LogP) is -0.607. The molecule has 0 heterocycles. The minimum absolute atomic E-state index is 0.206. The summed E-state index contributed by atoms with van der Waals surface area (Å²) in [6, 6.07) is 0. The van der Waals surface area contributed by atoms with E-state index in [2.05, 4.69) is 10.1 Å². The van der Waals surface area contributed by atoms with Gasteiger partial charge in [-0.05, 0) is 6.92 Å². The molecule has 0 unspecified atom stereocenters. The summed E-state index contributed by atoms with van der Waals surface area (Å²) in [5.41, 5.74) is 4.92. The second kappa shape index (κ2) is 3.60. The predicted molar refractivity (Wildman–Crippen MR) is 37.4 cm³/mol. The molecule has 0 atom stereocenters. The van der Waals surface area contributed by atoms with E-state index in [9.17, 15) is 4.79 Å². The fraction of sp³-hybridized carbons (Fsp3) is 0.400. The minimum atomic E-state index is -0.786. The SMILES string of the molecule is CN=C(C)/C(=N\O)C(N)=O. The van der Waals surface area contributed by atoms with Gasteiger partial charge >= 0.3 is 0 Å². The Hall–Kier alpha value is -1.39. The highest BCUT2D eigenvalue weighted by atomic mass is 16.4. The molecule has 0 aromatic heterocycles. The smallest absolute Gasteiger partial charge is 0.272 e. The molecule has 0 aliphatic heterocycles. The van der Waals surface area contributed by atoms with Crippen LogP contribution in [0.1, 0.15) is 6.92 Å². The average Bonchev–Trinajstić information content (AvgIpc) is 1.88. The van der Waals surface area contributed by atoms with Crippen molar-refractivity contribution >= 4 is 17.3 Å². The van der Waals surface area contributed by atoms with Crippen LogP contribution in [0.5, 0.6) is 0 Å². The van der Waals surface area contributed by atoms with E-state index >= 15 is 0 Å². The number of oxime groups is 1. The molecule has 56 valence electrons. The lowest BCUT2D eigenvalue weighted by Crippen LogP contribution is -2.29. The van der Waals surface area contributed by atoms with Crippen LogP contribution < -0.4 is 5.73 Å². The Bertz CT molecular complexity index is 195. The third-order valence-corrected chi connectivity index (χ3v) is 1.01.